The van der Waals surface area contributed by atoms with Crippen LogP contribution < -0.4 is 5.32 Å². The molecule has 12 heteroatoms. The van der Waals surface area contributed by atoms with Crippen molar-refractivity contribution in [3.05, 3.63) is 44.0 Å². The SMILES string of the molecule is CCSc1nnc(NC(=O)c2ccc([N+](=O)[O-])cc2[N+](=O)[O-])s1. The van der Waals surface area contributed by atoms with Crippen LogP contribution in [0.2, 0.25) is 0 Å². The number of nitro groups is 2. The lowest BCUT2D eigenvalue weighted by Gasteiger charge is -2.02. The van der Waals surface area contributed by atoms with Crippen LogP contribution in [0.15, 0.2) is 22.5 Å². The maximum Gasteiger partial charge on any atom is 0.289 e. The highest BCUT2D eigenvalue weighted by molar-refractivity contribution is 8.01. The fraction of sp³-hybridized carbons (Fsp3) is 0.182. The maximum absolute atomic E-state index is 12.1. The Morgan fingerprint density at radius 1 is 1.30 bits per heavy atom. The van der Waals surface area contributed by atoms with E-state index in [0.29, 0.717) is 4.34 Å². The van der Waals surface area contributed by atoms with E-state index in [1.54, 1.807) is 0 Å². The molecule has 10 nitrogen and oxygen atoms in total. The molecule has 23 heavy (non-hydrogen) atoms. The van der Waals surface area contributed by atoms with Gasteiger partial charge < -0.3 is 0 Å². The highest BCUT2D eigenvalue weighted by atomic mass is 32.2. The third-order valence-electron chi connectivity index (χ3n) is 2.53. The minimum Gasteiger partial charge on any atom is -0.296 e. The second-order valence-electron chi connectivity index (χ2n) is 3.98. The van der Waals surface area contributed by atoms with Crippen molar-refractivity contribution in [3.8, 4) is 0 Å². The highest BCUT2D eigenvalue weighted by Gasteiger charge is 2.24. The molecule has 0 aliphatic carbocycles. The lowest BCUT2D eigenvalue weighted by Crippen LogP contribution is -2.14. The highest BCUT2D eigenvalue weighted by Crippen LogP contribution is 2.28. The molecule has 1 aromatic heterocycles. The van der Waals surface area contributed by atoms with Crippen LogP contribution in [-0.4, -0.2) is 31.7 Å². The summed E-state index contributed by atoms with van der Waals surface area (Å²) in [6.45, 7) is 1.94. The van der Waals surface area contributed by atoms with Crippen LogP contribution in [0.1, 0.15) is 17.3 Å². The number of nitrogens with one attached hydrogen (secondary N) is 1. The lowest BCUT2D eigenvalue weighted by molar-refractivity contribution is -0.394. The fourth-order valence-electron chi connectivity index (χ4n) is 1.58. The molecule has 0 saturated heterocycles. The number of carbonyl (C=O) groups excluding carboxylic acids is 1. The molecule has 0 aliphatic heterocycles. The molecule has 1 amide bonds. The van der Waals surface area contributed by atoms with E-state index >= 15 is 0 Å². The number of hydrogen-bond acceptors (Lipinski definition) is 9. The third-order valence-corrected chi connectivity index (χ3v) is 4.38. The van der Waals surface area contributed by atoms with E-state index in [1.807, 2.05) is 6.92 Å². The van der Waals surface area contributed by atoms with E-state index in [2.05, 4.69) is 15.5 Å². The van der Waals surface area contributed by atoms with Gasteiger partial charge in [0.15, 0.2) is 4.34 Å². The largest absolute Gasteiger partial charge is 0.296 e. The van der Waals surface area contributed by atoms with Crippen LogP contribution in [-0.2, 0) is 0 Å². The number of amides is 1. The van der Waals surface area contributed by atoms with Crippen molar-refractivity contribution in [2.45, 2.75) is 11.3 Å². The van der Waals surface area contributed by atoms with Gasteiger partial charge in [-0.3, -0.25) is 30.3 Å². The Bertz CT molecular complexity index is 778. The summed E-state index contributed by atoms with van der Waals surface area (Å²) in [6, 6.07) is 2.81. The van der Waals surface area contributed by atoms with Gasteiger partial charge in [-0.1, -0.05) is 30.0 Å². The molecule has 0 unspecified atom stereocenters. The zero-order valence-electron chi connectivity index (χ0n) is 11.6. The number of thioether (sulfide) groups is 1. The molecular formula is C11H9N5O5S2. The summed E-state index contributed by atoms with van der Waals surface area (Å²) in [5.41, 5.74) is -1.41. The van der Waals surface area contributed by atoms with Crippen molar-refractivity contribution in [1.29, 1.82) is 0 Å². The number of rotatable bonds is 6. The standard InChI is InChI=1S/C11H9N5O5S2/c1-2-22-11-14-13-10(23-11)12-9(17)7-4-3-6(15(18)19)5-8(7)16(20)21/h3-5H,2H2,1H3,(H,12,13,17). The Labute approximate surface area is 137 Å². The Kier molecular flexibility index (Phi) is 5.18. The molecule has 0 fully saturated rings. The van der Waals surface area contributed by atoms with Crippen LogP contribution in [0.3, 0.4) is 0 Å². The van der Waals surface area contributed by atoms with Crippen molar-refractivity contribution in [2.75, 3.05) is 11.1 Å². The second-order valence-corrected chi connectivity index (χ2v) is 6.46. The van der Waals surface area contributed by atoms with Gasteiger partial charge in [0, 0.05) is 6.07 Å². The number of carbonyl (C=O) groups is 1. The first kappa shape index (κ1) is 16.8. The predicted molar refractivity (Wildman–Crippen MR) is 84.0 cm³/mol. The molecule has 120 valence electrons. The van der Waals surface area contributed by atoms with Crippen molar-refractivity contribution in [3.63, 3.8) is 0 Å². The molecule has 0 aliphatic rings. The average molecular weight is 355 g/mol. The number of hydrogen-bond donors (Lipinski definition) is 1. The molecule has 2 rings (SSSR count). The van der Waals surface area contributed by atoms with Crippen LogP contribution in [0, 0.1) is 20.2 Å². The Morgan fingerprint density at radius 2 is 2.04 bits per heavy atom. The van der Waals surface area contributed by atoms with Crippen LogP contribution >= 0.6 is 23.1 Å². The van der Waals surface area contributed by atoms with Gasteiger partial charge in [0.1, 0.15) is 5.56 Å². The van der Waals surface area contributed by atoms with Gasteiger partial charge in [0.2, 0.25) is 5.13 Å². The quantitative estimate of drug-likeness (QED) is 0.361. The average Bonchev–Trinajstić information content (AvgIpc) is 2.94. The molecule has 0 bridgehead atoms. The molecule has 0 spiro atoms. The summed E-state index contributed by atoms with van der Waals surface area (Å²) in [6.07, 6.45) is 0. The Balaban J connectivity index is 2.27. The molecule has 0 radical (unpaired) electrons. The summed E-state index contributed by atoms with van der Waals surface area (Å²) >= 11 is 2.58. The van der Waals surface area contributed by atoms with E-state index in [0.717, 1.165) is 35.3 Å². The number of anilines is 1. The first-order valence-corrected chi connectivity index (χ1v) is 7.93. The third kappa shape index (κ3) is 3.98. The van der Waals surface area contributed by atoms with Gasteiger partial charge in [-0.2, -0.15) is 0 Å². The van der Waals surface area contributed by atoms with E-state index < -0.39 is 27.1 Å². The number of non-ortho nitro benzene ring substituents is 1. The lowest BCUT2D eigenvalue weighted by atomic mass is 10.1. The fourth-order valence-corrected chi connectivity index (χ4v) is 3.23. The summed E-state index contributed by atoms with van der Waals surface area (Å²) in [7, 11) is 0. The monoisotopic (exact) mass is 355 g/mol. The molecule has 1 aromatic carbocycles. The zero-order chi connectivity index (χ0) is 17.0. The minimum atomic E-state index is -0.847. The first-order chi connectivity index (χ1) is 10.9. The van der Waals surface area contributed by atoms with Crippen LogP contribution in [0.5, 0.6) is 0 Å². The molecule has 1 heterocycles. The summed E-state index contributed by atoms with van der Waals surface area (Å²) in [5, 5.41) is 31.9. The van der Waals surface area contributed by atoms with Crippen molar-refractivity contribution >= 4 is 45.5 Å². The smallest absolute Gasteiger partial charge is 0.289 e. The molecule has 0 saturated carbocycles. The maximum atomic E-state index is 12.1. The Hall–Kier alpha value is -2.60. The minimum absolute atomic E-state index is 0.193. The summed E-state index contributed by atoms with van der Waals surface area (Å²) in [4.78, 5) is 32.2. The van der Waals surface area contributed by atoms with Crippen molar-refractivity contribution in [1.82, 2.24) is 10.2 Å². The van der Waals surface area contributed by atoms with Gasteiger partial charge >= 0.3 is 0 Å². The second kappa shape index (κ2) is 7.11. The molecular weight excluding hydrogens is 346 g/mol. The first-order valence-electron chi connectivity index (χ1n) is 6.13. The normalized spacial score (nSPS) is 10.3. The molecule has 0 atom stereocenters. The Morgan fingerprint density at radius 3 is 2.65 bits per heavy atom. The van der Waals surface area contributed by atoms with Gasteiger partial charge in [-0.05, 0) is 11.8 Å². The number of benzene rings is 1. The molecule has 1 N–H and O–H groups in total. The van der Waals surface area contributed by atoms with E-state index in [9.17, 15) is 25.0 Å². The number of nitro benzene ring substituents is 2. The number of aromatic nitrogens is 2. The van der Waals surface area contributed by atoms with E-state index in [-0.39, 0.29) is 10.7 Å². The van der Waals surface area contributed by atoms with Crippen LogP contribution in [0.4, 0.5) is 16.5 Å². The van der Waals surface area contributed by atoms with Gasteiger partial charge in [0.25, 0.3) is 17.3 Å². The topological polar surface area (TPSA) is 141 Å². The summed E-state index contributed by atoms with van der Waals surface area (Å²) < 4.78 is 0.654. The molecule has 2 aromatic rings. The van der Waals surface area contributed by atoms with Gasteiger partial charge in [0.05, 0.1) is 15.9 Å². The van der Waals surface area contributed by atoms with Crippen molar-refractivity contribution < 1.29 is 14.6 Å². The van der Waals surface area contributed by atoms with Crippen LogP contribution in [0.25, 0.3) is 0 Å². The predicted octanol–water partition coefficient (Wildman–Crippen LogP) is 2.72. The number of nitrogens with zero attached hydrogens (tertiary/aromatic N) is 4. The van der Waals surface area contributed by atoms with E-state index in [4.69, 9.17) is 0 Å². The zero-order valence-corrected chi connectivity index (χ0v) is 13.2. The van der Waals surface area contributed by atoms with Gasteiger partial charge in [-0.25, -0.2) is 0 Å². The van der Waals surface area contributed by atoms with E-state index in [1.165, 1.54) is 11.8 Å². The summed E-state index contributed by atoms with van der Waals surface area (Å²) in [5.74, 6) is 0.00643. The van der Waals surface area contributed by atoms with Crippen molar-refractivity contribution in [2.24, 2.45) is 0 Å². The van der Waals surface area contributed by atoms with Gasteiger partial charge in [-0.15, -0.1) is 10.2 Å².